The first kappa shape index (κ1) is 20.7. The fourth-order valence-corrected chi connectivity index (χ4v) is 2.35. The highest BCUT2D eigenvalue weighted by molar-refractivity contribution is 6.31. The maximum absolute atomic E-state index is 12.9. The average molecular weight is 400 g/mol. The molecule has 2 aromatic rings. The van der Waals surface area contributed by atoms with E-state index in [2.05, 4.69) is 15.6 Å². The van der Waals surface area contributed by atoms with Crippen molar-refractivity contribution in [1.82, 2.24) is 10.3 Å². The fourth-order valence-electron chi connectivity index (χ4n) is 2.12. The molecule has 0 aliphatic rings. The number of hydrogen-bond acceptors (Lipinski definition) is 3. The zero-order valence-electron chi connectivity index (χ0n) is 14.5. The Labute approximate surface area is 158 Å². The van der Waals surface area contributed by atoms with Crippen LogP contribution < -0.4 is 10.6 Å². The van der Waals surface area contributed by atoms with E-state index in [-0.39, 0.29) is 22.9 Å². The highest BCUT2D eigenvalue weighted by Crippen LogP contribution is 2.36. The Balaban J connectivity index is 2.20. The normalized spacial score (nSPS) is 12.4. The molecule has 144 valence electrons. The second-order valence-corrected chi connectivity index (χ2v) is 6.30. The van der Waals surface area contributed by atoms with Crippen molar-refractivity contribution in [1.29, 1.82) is 0 Å². The van der Waals surface area contributed by atoms with Gasteiger partial charge in [-0.2, -0.15) is 13.2 Å². The van der Waals surface area contributed by atoms with Gasteiger partial charge < -0.3 is 10.6 Å². The molecular weight excluding hydrogens is 383 g/mol. The maximum Gasteiger partial charge on any atom is 0.417 e. The fraction of sp³-hybridized carbons (Fsp3) is 0.278. The van der Waals surface area contributed by atoms with E-state index in [1.807, 2.05) is 13.8 Å². The number of anilines is 1. The van der Waals surface area contributed by atoms with E-state index >= 15 is 0 Å². The molecule has 0 fully saturated rings. The summed E-state index contributed by atoms with van der Waals surface area (Å²) in [6, 6.07) is 4.31. The van der Waals surface area contributed by atoms with Crippen molar-refractivity contribution in [2.24, 2.45) is 0 Å². The third-order valence-electron chi connectivity index (χ3n) is 3.78. The Hall–Kier alpha value is -2.61. The molecule has 0 saturated carbocycles. The van der Waals surface area contributed by atoms with Crippen molar-refractivity contribution in [2.75, 3.05) is 5.32 Å². The molecule has 27 heavy (non-hydrogen) atoms. The van der Waals surface area contributed by atoms with E-state index < -0.39 is 28.6 Å². The molecule has 0 radical (unpaired) electrons. The molecule has 0 spiro atoms. The Morgan fingerprint density at radius 2 is 1.78 bits per heavy atom. The van der Waals surface area contributed by atoms with Gasteiger partial charge in [0.15, 0.2) is 0 Å². The number of aromatic nitrogens is 1. The predicted octanol–water partition coefficient (Wildman–Crippen LogP) is 4.53. The lowest BCUT2D eigenvalue weighted by atomic mass is 10.1. The van der Waals surface area contributed by atoms with Gasteiger partial charge in [0.1, 0.15) is 0 Å². The van der Waals surface area contributed by atoms with Gasteiger partial charge in [-0.15, -0.1) is 0 Å². The van der Waals surface area contributed by atoms with E-state index in [1.165, 1.54) is 24.5 Å². The summed E-state index contributed by atoms with van der Waals surface area (Å²) in [4.78, 5) is 28.3. The van der Waals surface area contributed by atoms with Crippen molar-refractivity contribution < 1.29 is 22.8 Å². The molecule has 2 N–H and O–H groups in total. The van der Waals surface area contributed by atoms with Crippen molar-refractivity contribution in [2.45, 2.75) is 32.5 Å². The summed E-state index contributed by atoms with van der Waals surface area (Å²) in [6.07, 6.45) is -1.39. The van der Waals surface area contributed by atoms with Crippen LogP contribution in [-0.2, 0) is 6.18 Å². The molecule has 0 aliphatic carbocycles. The Kier molecular flexibility index (Phi) is 6.43. The third-order valence-corrected chi connectivity index (χ3v) is 4.11. The van der Waals surface area contributed by atoms with E-state index in [0.717, 1.165) is 18.6 Å². The van der Waals surface area contributed by atoms with Crippen LogP contribution in [-0.4, -0.2) is 22.8 Å². The molecule has 5 nitrogen and oxygen atoms in total. The van der Waals surface area contributed by atoms with Gasteiger partial charge in [-0.1, -0.05) is 18.5 Å². The van der Waals surface area contributed by atoms with Gasteiger partial charge in [-0.05, 0) is 37.6 Å². The van der Waals surface area contributed by atoms with Crippen molar-refractivity contribution in [3.63, 3.8) is 0 Å². The quantitative estimate of drug-likeness (QED) is 0.775. The number of hydrogen-bond donors (Lipinski definition) is 2. The lowest BCUT2D eigenvalue weighted by Gasteiger charge is -2.13. The van der Waals surface area contributed by atoms with Gasteiger partial charge in [0.2, 0.25) is 0 Å². The van der Waals surface area contributed by atoms with Gasteiger partial charge in [-0.3, -0.25) is 14.6 Å². The van der Waals surface area contributed by atoms with Crippen LogP contribution in [0.5, 0.6) is 0 Å². The largest absolute Gasteiger partial charge is 0.417 e. The second kappa shape index (κ2) is 8.39. The number of amides is 2. The number of benzene rings is 1. The van der Waals surface area contributed by atoms with E-state index in [0.29, 0.717) is 0 Å². The van der Waals surface area contributed by atoms with Gasteiger partial charge in [-0.25, -0.2) is 0 Å². The Morgan fingerprint density at radius 1 is 1.15 bits per heavy atom. The second-order valence-electron chi connectivity index (χ2n) is 5.89. The number of alkyl halides is 3. The Bertz CT molecular complexity index is 856. The minimum atomic E-state index is -4.65. The molecule has 2 rings (SSSR count). The summed E-state index contributed by atoms with van der Waals surface area (Å²) < 4.78 is 38.7. The van der Waals surface area contributed by atoms with Crippen LogP contribution >= 0.6 is 11.6 Å². The standard InChI is InChI=1S/C18H17ClF3N3O2/c1-3-10(2)24-16(26)11-6-12(9-23-8-11)17(27)25-13-4-5-15(19)14(7-13)18(20,21)22/h4-10H,3H2,1-2H3,(H,24,26)(H,25,27). The minimum absolute atomic E-state index is 0.0373. The first-order valence-electron chi connectivity index (χ1n) is 8.05. The molecule has 1 heterocycles. The first-order chi connectivity index (χ1) is 12.6. The summed E-state index contributed by atoms with van der Waals surface area (Å²) in [7, 11) is 0. The number of pyridine rings is 1. The number of nitrogens with zero attached hydrogens (tertiary/aromatic N) is 1. The van der Waals surface area contributed by atoms with E-state index in [1.54, 1.807) is 0 Å². The first-order valence-corrected chi connectivity index (χ1v) is 8.43. The SMILES string of the molecule is CCC(C)NC(=O)c1cncc(C(=O)Nc2ccc(Cl)c(C(F)(F)F)c2)c1. The van der Waals surface area contributed by atoms with Crippen LogP contribution in [0.4, 0.5) is 18.9 Å². The number of carbonyl (C=O) groups excluding carboxylic acids is 2. The lowest BCUT2D eigenvalue weighted by molar-refractivity contribution is -0.137. The summed E-state index contributed by atoms with van der Waals surface area (Å²) in [5, 5.41) is 4.62. The van der Waals surface area contributed by atoms with Gasteiger partial charge >= 0.3 is 6.18 Å². The van der Waals surface area contributed by atoms with Crippen LogP contribution in [0.3, 0.4) is 0 Å². The smallest absolute Gasteiger partial charge is 0.350 e. The third kappa shape index (κ3) is 5.43. The van der Waals surface area contributed by atoms with Crippen LogP contribution in [0.2, 0.25) is 5.02 Å². The highest BCUT2D eigenvalue weighted by Gasteiger charge is 2.33. The molecule has 1 aromatic carbocycles. The topological polar surface area (TPSA) is 71.1 Å². The lowest BCUT2D eigenvalue weighted by Crippen LogP contribution is -2.32. The molecule has 0 saturated heterocycles. The molecule has 0 aliphatic heterocycles. The Morgan fingerprint density at radius 3 is 2.37 bits per heavy atom. The highest BCUT2D eigenvalue weighted by atomic mass is 35.5. The van der Waals surface area contributed by atoms with Gasteiger partial charge in [0.25, 0.3) is 11.8 Å². The van der Waals surface area contributed by atoms with Crippen LogP contribution in [0, 0.1) is 0 Å². The zero-order valence-corrected chi connectivity index (χ0v) is 15.3. The minimum Gasteiger partial charge on any atom is -0.350 e. The number of carbonyl (C=O) groups is 2. The van der Waals surface area contributed by atoms with Crippen molar-refractivity contribution in [3.05, 3.63) is 58.4 Å². The molecule has 0 bridgehead atoms. The van der Waals surface area contributed by atoms with Crippen LogP contribution in [0.15, 0.2) is 36.7 Å². The molecule has 9 heteroatoms. The number of halogens is 4. The summed E-state index contributed by atoms with van der Waals surface area (Å²) in [5.41, 5.74) is -0.918. The maximum atomic E-state index is 12.9. The van der Waals surface area contributed by atoms with Crippen molar-refractivity contribution in [3.8, 4) is 0 Å². The van der Waals surface area contributed by atoms with Crippen molar-refractivity contribution >= 4 is 29.1 Å². The van der Waals surface area contributed by atoms with Crippen LogP contribution in [0.25, 0.3) is 0 Å². The summed E-state index contributed by atoms with van der Waals surface area (Å²) in [6.45, 7) is 3.75. The molecule has 2 amide bonds. The molecular formula is C18H17ClF3N3O2. The predicted molar refractivity (Wildman–Crippen MR) is 95.9 cm³/mol. The summed E-state index contributed by atoms with van der Waals surface area (Å²) >= 11 is 5.56. The molecule has 1 atom stereocenters. The molecule has 1 unspecified atom stereocenters. The van der Waals surface area contributed by atoms with Gasteiger partial charge in [0, 0.05) is 24.1 Å². The van der Waals surface area contributed by atoms with Crippen LogP contribution in [0.1, 0.15) is 46.5 Å². The number of rotatable bonds is 5. The van der Waals surface area contributed by atoms with Gasteiger partial charge in [0.05, 0.1) is 21.7 Å². The summed E-state index contributed by atoms with van der Waals surface area (Å²) in [5.74, 6) is -1.09. The molecule has 1 aromatic heterocycles. The monoisotopic (exact) mass is 399 g/mol. The zero-order chi connectivity index (χ0) is 20.2. The number of nitrogens with one attached hydrogen (secondary N) is 2. The van der Waals surface area contributed by atoms with E-state index in [9.17, 15) is 22.8 Å². The van der Waals surface area contributed by atoms with E-state index in [4.69, 9.17) is 11.6 Å². The average Bonchev–Trinajstić information content (AvgIpc) is 2.62.